The van der Waals surface area contributed by atoms with Crippen LogP contribution in [-0.4, -0.2) is 30.7 Å². The molecule has 1 saturated carbocycles. The second-order valence-corrected chi connectivity index (χ2v) is 10.2. The van der Waals surface area contributed by atoms with Crippen molar-refractivity contribution in [2.75, 3.05) is 5.32 Å². The molecule has 10 heteroatoms. The first-order chi connectivity index (χ1) is 18.2. The number of halogens is 1. The van der Waals surface area contributed by atoms with Gasteiger partial charge in [-0.1, -0.05) is 17.7 Å². The van der Waals surface area contributed by atoms with Crippen molar-refractivity contribution < 1.29 is 14.3 Å². The number of carboxylic acids is 1. The van der Waals surface area contributed by atoms with E-state index in [0.29, 0.717) is 45.1 Å². The van der Waals surface area contributed by atoms with E-state index in [1.54, 1.807) is 13.0 Å². The molecule has 0 radical (unpaired) electrons. The van der Waals surface area contributed by atoms with E-state index in [9.17, 15) is 14.7 Å². The van der Waals surface area contributed by atoms with Crippen LogP contribution in [0.2, 0.25) is 5.15 Å². The Hall–Kier alpha value is -4.24. The highest BCUT2D eigenvalue weighted by Gasteiger charge is 2.29. The van der Waals surface area contributed by atoms with Crippen molar-refractivity contribution in [3.05, 3.63) is 86.2 Å². The van der Waals surface area contributed by atoms with E-state index in [4.69, 9.17) is 16.0 Å². The molecular weight excluding hydrogens is 506 g/mol. The Kier molecular flexibility index (Phi) is 5.68. The van der Waals surface area contributed by atoms with Gasteiger partial charge in [0, 0.05) is 28.8 Å². The predicted molar refractivity (Wildman–Crippen MR) is 144 cm³/mol. The topological polar surface area (TPSA) is 123 Å². The summed E-state index contributed by atoms with van der Waals surface area (Å²) in [5.74, 6) is 0.666. The summed E-state index contributed by atoms with van der Waals surface area (Å²) in [5, 5.41) is 22.0. The summed E-state index contributed by atoms with van der Waals surface area (Å²) in [7, 11) is 0. The molecule has 0 spiro atoms. The number of benzene rings is 1. The number of aromatic carboxylic acids is 1. The van der Waals surface area contributed by atoms with Crippen molar-refractivity contribution in [2.24, 2.45) is 0 Å². The van der Waals surface area contributed by atoms with Crippen molar-refractivity contribution in [1.29, 1.82) is 0 Å². The van der Waals surface area contributed by atoms with Crippen molar-refractivity contribution in [2.45, 2.75) is 45.6 Å². The molecule has 4 heterocycles. The van der Waals surface area contributed by atoms with Gasteiger partial charge in [-0.15, -0.1) is 10.2 Å². The third-order valence-corrected chi connectivity index (χ3v) is 7.15. The fourth-order valence-electron chi connectivity index (χ4n) is 4.86. The van der Waals surface area contributed by atoms with Gasteiger partial charge in [0.25, 0.3) is 0 Å². The van der Waals surface area contributed by atoms with Gasteiger partial charge in [-0.25, -0.2) is 9.78 Å². The molecule has 1 atom stereocenters. The number of hydrogen-bond donors (Lipinski definition) is 2. The number of aromatic nitrogens is 4. The van der Waals surface area contributed by atoms with Crippen molar-refractivity contribution in [3.63, 3.8) is 0 Å². The summed E-state index contributed by atoms with van der Waals surface area (Å²) in [5.41, 5.74) is 3.94. The van der Waals surface area contributed by atoms with Gasteiger partial charge in [-0.3, -0.25) is 9.20 Å². The van der Waals surface area contributed by atoms with Gasteiger partial charge >= 0.3 is 5.97 Å². The zero-order valence-electron chi connectivity index (χ0n) is 20.9. The van der Waals surface area contributed by atoms with Crippen LogP contribution in [0.5, 0.6) is 0 Å². The molecule has 1 aliphatic rings. The lowest BCUT2D eigenvalue weighted by molar-refractivity contribution is 0.0691. The molecule has 5 aromatic rings. The van der Waals surface area contributed by atoms with Crippen LogP contribution < -0.4 is 10.7 Å². The Morgan fingerprint density at radius 3 is 2.71 bits per heavy atom. The summed E-state index contributed by atoms with van der Waals surface area (Å²) >= 11 is 5.92. The first-order valence-corrected chi connectivity index (χ1v) is 12.7. The monoisotopic (exact) mass is 529 g/mol. The summed E-state index contributed by atoms with van der Waals surface area (Å²) < 4.78 is 8.45. The fraction of sp³-hybridized carbons (Fsp3) is 0.250. The second-order valence-electron chi connectivity index (χ2n) is 9.79. The quantitative estimate of drug-likeness (QED) is 0.260. The van der Waals surface area contributed by atoms with Crippen LogP contribution in [0.3, 0.4) is 0 Å². The molecule has 9 nitrogen and oxygen atoms in total. The van der Waals surface area contributed by atoms with Crippen LogP contribution in [0, 0.1) is 13.8 Å². The van der Waals surface area contributed by atoms with Gasteiger partial charge < -0.3 is 14.8 Å². The molecule has 2 N–H and O–H groups in total. The Bertz CT molecular complexity index is 1820. The van der Waals surface area contributed by atoms with Gasteiger partial charge in [0.05, 0.1) is 17.1 Å². The van der Waals surface area contributed by atoms with Crippen LogP contribution in [0.1, 0.15) is 64.7 Å². The maximum atomic E-state index is 13.5. The smallest absolute Gasteiger partial charge is 0.356 e. The highest BCUT2D eigenvalue weighted by molar-refractivity contribution is 6.29. The molecule has 0 saturated heterocycles. The normalized spacial score (nSPS) is 14.2. The number of pyridine rings is 2. The molecule has 192 valence electrons. The number of anilines is 1. The first-order valence-electron chi connectivity index (χ1n) is 12.3. The average Bonchev–Trinajstić information content (AvgIpc) is 3.65. The Balaban J connectivity index is 1.47. The third-order valence-electron chi connectivity index (χ3n) is 6.94. The van der Waals surface area contributed by atoms with Crippen LogP contribution in [-0.2, 0) is 0 Å². The summed E-state index contributed by atoms with van der Waals surface area (Å²) in [4.78, 5) is 29.2. The Labute approximate surface area is 222 Å². The first kappa shape index (κ1) is 24.1. The van der Waals surface area contributed by atoms with E-state index in [0.717, 1.165) is 29.8 Å². The minimum absolute atomic E-state index is 0.0848. The van der Waals surface area contributed by atoms with E-state index in [1.165, 1.54) is 6.07 Å². The number of aryl methyl sites for hydroxylation is 1. The minimum Gasteiger partial charge on any atom is -0.476 e. The number of fused-ring (bicyclic) bond motifs is 2. The van der Waals surface area contributed by atoms with Gasteiger partial charge in [0.2, 0.25) is 0 Å². The number of nitrogens with zero attached hydrogens (tertiary/aromatic N) is 4. The molecule has 38 heavy (non-hydrogen) atoms. The maximum absolute atomic E-state index is 13.5. The number of rotatable bonds is 6. The van der Waals surface area contributed by atoms with Crippen LogP contribution in [0.4, 0.5) is 5.69 Å². The number of carbonyl (C=O) groups is 1. The van der Waals surface area contributed by atoms with Crippen LogP contribution in [0.15, 0.2) is 51.8 Å². The maximum Gasteiger partial charge on any atom is 0.356 e. The Morgan fingerprint density at radius 2 is 1.97 bits per heavy atom. The molecule has 1 aromatic carbocycles. The van der Waals surface area contributed by atoms with Crippen molar-refractivity contribution in [3.8, 4) is 11.3 Å². The second kappa shape index (κ2) is 8.95. The standard InChI is InChI=1S/C28H24ClN5O4/c1-13-10-18(15(3)30-20-6-7-21(29)31-23(20)28(36)37)26-19(11-13)24(35)14(2)25(38-26)17-8-9-34-22(12-17)32-33-27(34)16-4-5-16/h6-12,15-16,30H,4-5H2,1-3H3,(H,36,37)/t15-/m1/s1. The molecular formula is C28H24ClN5O4. The van der Waals surface area contributed by atoms with Gasteiger partial charge in [-0.2, -0.15) is 0 Å². The predicted octanol–water partition coefficient (Wildman–Crippen LogP) is 5.92. The fourth-order valence-corrected chi connectivity index (χ4v) is 5.01. The molecule has 1 aliphatic carbocycles. The van der Waals surface area contributed by atoms with Crippen LogP contribution in [0.25, 0.3) is 27.9 Å². The summed E-state index contributed by atoms with van der Waals surface area (Å²) in [6.45, 7) is 5.53. The van der Waals surface area contributed by atoms with E-state index >= 15 is 0 Å². The summed E-state index contributed by atoms with van der Waals surface area (Å²) in [6.07, 6.45) is 4.16. The molecule has 6 rings (SSSR count). The third kappa shape index (κ3) is 4.09. The van der Waals surface area contributed by atoms with Gasteiger partial charge in [0.1, 0.15) is 22.3 Å². The number of carboxylic acid groups (broad SMARTS) is 1. The van der Waals surface area contributed by atoms with E-state index in [-0.39, 0.29) is 16.3 Å². The highest BCUT2D eigenvalue weighted by atomic mass is 35.5. The van der Waals surface area contributed by atoms with Gasteiger partial charge in [-0.05, 0) is 69.5 Å². The highest BCUT2D eigenvalue weighted by Crippen LogP contribution is 2.39. The lowest BCUT2D eigenvalue weighted by atomic mass is 9.99. The summed E-state index contributed by atoms with van der Waals surface area (Å²) in [6, 6.07) is 10.2. The van der Waals surface area contributed by atoms with Crippen molar-refractivity contribution in [1.82, 2.24) is 19.6 Å². The average molecular weight is 530 g/mol. The van der Waals surface area contributed by atoms with E-state index in [2.05, 4.69) is 20.5 Å². The molecule has 0 bridgehead atoms. The largest absolute Gasteiger partial charge is 0.476 e. The molecule has 0 unspecified atom stereocenters. The lowest BCUT2D eigenvalue weighted by Gasteiger charge is -2.19. The van der Waals surface area contributed by atoms with E-state index in [1.807, 2.05) is 48.7 Å². The Morgan fingerprint density at radius 1 is 1.18 bits per heavy atom. The molecule has 0 amide bonds. The number of nitrogens with one attached hydrogen (secondary N) is 1. The lowest BCUT2D eigenvalue weighted by Crippen LogP contribution is -2.14. The molecule has 0 aliphatic heterocycles. The molecule has 4 aromatic heterocycles. The van der Waals surface area contributed by atoms with Crippen LogP contribution >= 0.6 is 11.6 Å². The van der Waals surface area contributed by atoms with E-state index < -0.39 is 12.0 Å². The minimum atomic E-state index is -1.20. The zero-order chi connectivity index (χ0) is 26.7. The number of hydrogen-bond acceptors (Lipinski definition) is 7. The van der Waals surface area contributed by atoms with Gasteiger partial charge in [0.15, 0.2) is 16.8 Å². The zero-order valence-corrected chi connectivity index (χ0v) is 21.7. The van der Waals surface area contributed by atoms with Crippen molar-refractivity contribution >= 4 is 39.9 Å². The molecule has 1 fully saturated rings. The SMILES string of the molecule is Cc1cc([C@@H](C)Nc2ccc(Cl)nc2C(=O)O)c2oc(-c3ccn4c(C5CC5)nnc4c3)c(C)c(=O)c2c1.